The monoisotopic (exact) mass is 435 g/mol. The highest BCUT2D eigenvalue weighted by Gasteiger charge is 2.32. The third-order valence-corrected chi connectivity index (χ3v) is 6.09. The molecule has 0 radical (unpaired) electrons. The van der Waals surface area contributed by atoms with Crippen LogP contribution in [0.15, 0.2) is 46.3 Å². The number of unbranched alkanes of at least 4 members (excludes halogenated alkanes) is 2. The van der Waals surface area contributed by atoms with Crippen molar-refractivity contribution in [3.63, 3.8) is 0 Å². The Balaban J connectivity index is 1.39. The Hall–Kier alpha value is -2.93. The fraction of sp³-hybridized carbons (Fsp3) is 0.480. The Kier molecular flexibility index (Phi) is 7.37. The molecule has 1 atom stereocenters. The zero-order valence-corrected chi connectivity index (χ0v) is 19.0. The average Bonchev–Trinajstić information content (AvgIpc) is 3.66. The van der Waals surface area contributed by atoms with Gasteiger partial charge in [0.05, 0.1) is 24.6 Å². The lowest BCUT2D eigenvalue weighted by Gasteiger charge is -2.29. The largest absolute Gasteiger partial charge is 0.496 e. The van der Waals surface area contributed by atoms with Crippen molar-refractivity contribution in [2.24, 2.45) is 10.2 Å². The molecule has 0 bridgehead atoms. The van der Waals surface area contributed by atoms with Crippen LogP contribution in [-0.4, -0.2) is 49.1 Å². The topological polar surface area (TPSA) is 78.3 Å². The number of methoxy groups -OCH3 is 1. The van der Waals surface area contributed by atoms with E-state index in [2.05, 4.69) is 32.7 Å². The van der Waals surface area contributed by atoms with Gasteiger partial charge in [-0.15, -0.1) is 0 Å². The summed E-state index contributed by atoms with van der Waals surface area (Å²) in [6.07, 6.45) is 15.6. The first kappa shape index (κ1) is 22.3. The first-order valence-electron chi connectivity index (χ1n) is 11.6. The summed E-state index contributed by atoms with van der Waals surface area (Å²) in [4.78, 5) is 15.6. The van der Waals surface area contributed by atoms with Crippen LogP contribution in [0.2, 0.25) is 0 Å². The van der Waals surface area contributed by atoms with E-state index in [1.54, 1.807) is 13.3 Å². The number of ether oxygens (including phenoxy) is 1. The maximum absolute atomic E-state index is 13.1. The molecular formula is C25H33N5O2. The Bertz CT molecular complexity index is 946. The van der Waals surface area contributed by atoms with Gasteiger partial charge in [-0.25, -0.2) is 0 Å². The van der Waals surface area contributed by atoms with Crippen molar-refractivity contribution in [3.05, 3.63) is 52.7 Å². The number of carbonyl (C=O) groups excluding carboxylic acids is 1. The molecule has 1 saturated carbocycles. The Morgan fingerprint density at radius 1 is 1.31 bits per heavy atom. The van der Waals surface area contributed by atoms with Gasteiger partial charge in [-0.3, -0.25) is 9.69 Å². The molecule has 0 saturated heterocycles. The zero-order valence-electron chi connectivity index (χ0n) is 19.0. The first-order valence-corrected chi connectivity index (χ1v) is 11.6. The molecule has 4 rings (SSSR count). The number of benzene rings is 1. The number of hydrogen-bond donors (Lipinski definition) is 2. The van der Waals surface area contributed by atoms with E-state index in [0.717, 1.165) is 50.5 Å². The van der Waals surface area contributed by atoms with Gasteiger partial charge in [-0.05, 0) is 67.5 Å². The molecule has 170 valence electrons. The van der Waals surface area contributed by atoms with Crippen molar-refractivity contribution >= 4 is 18.3 Å². The van der Waals surface area contributed by atoms with E-state index in [9.17, 15) is 4.79 Å². The normalized spacial score (nSPS) is 20.8. The minimum absolute atomic E-state index is 0.161. The highest BCUT2D eigenvalue weighted by Crippen LogP contribution is 2.34. The van der Waals surface area contributed by atoms with Gasteiger partial charge in [-0.2, -0.15) is 10.2 Å². The second-order valence-electron chi connectivity index (χ2n) is 8.56. The molecular weight excluding hydrogens is 402 g/mol. The molecule has 7 heteroatoms. The highest BCUT2D eigenvalue weighted by atomic mass is 16.5. The zero-order chi connectivity index (χ0) is 22.3. The number of hydrogen-bond acceptors (Lipinski definition) is 6. The van der Waals surface area contributed by atoms with Gasteiger partial charge < -0.3 is 15.4 Å². The molecule has 1 fully saturated rings. The fourth-order valence-electron chi connectivity index (χ4n) is 4.13. The van der Waals surface area contributed by atoms with Crippen LogP contribution in [0.4, 0.5) is 0 Å². The molecule has 1 aromatic rings. The molecule has 2 aliphatic heterocycles. The molecule has 1 unspecified atom stereocenters. The number of fused-ring (bicyclic) bond motifs is 1. The van der Waals surface area contributed by atoms with Crippen LogP contribution in [0.3, 0.4) is 0 Å². The minimum Gasteiger partial charge on any atom is -0.496 e. The third kappa shape index (κ3) is 5.65. The number of allylic oxidation sites excluding steroid dienone is 3. The number of dihydropyridines is 1. The number of amides is 1. The third-order valence-electron chi connectivity index (χ3n) is 6.09. The van der Waals surface area contributed by atoms with E-state index in [1.165, 1.54) is 24.0 Å². The van der Waals surface area contributed by atoms with Crippen molar-refractivity contribution in [1.82, 2.24) is 15.5 Å². The summed E-state index contributed by atoms with van der Waals surface area (Å²) in [6.45, 7) is 4.15. The first-order chi connectivity index (χ1) is 15.7. The highest BCUT2D eigenvalue weighted by molar-refractivity contribution is 5.97. The Labute approximate surface area is 190 Å². The summed E-state index contributed by atoms with van der Waals surface area (Å²) < 4.78 is 5.56. The number of rotatable bonds is 9. The van der Waals surface area contributed by atoms with E-state index < -0.39 is 0 Å². The summed E-state index contributed by atoms with van der Waals surface area (Å²) in [5, 5.41) is 14.4. The van der Waals surface area contributed by atoms with Crippen molar-refractivity contribution in [2.45, 2.75) is 64.2 Å². The van der Waals surface area contributed by atoms with Crippen LogP contribution < -0.4 is 15.4 Å². The van der Waals surface area contributed by atoms with E-state index in [0.29, 0.717) is 11.3 Å². The summed E-state index contributed by atoms with van der Waals surface area (Å²) in [5.74, 6) is 0.464. The van der Waals surface area contributed by atoms with Gasteiger partial charge in [0, 0.05) is 25.3 Å². The van der Waals surface area contributed by atoms with Crippen molar-refractivity contribution in [1.29, 1.82) is 0 Å². The predicted octanol–water partition coefficient (Wildman–Crippen LogP) is 3.56. The summed E-state index contributed by atoms with van der Waals surface area (Å²) in [5.41, 5.74) is 3.88. The molecule has 1 aromatic carbocycles. The van der Waals surface area contributed by atoms with Crippen LogP contribution in [0, 0.1) is 0 Å². The van der Waals surface area contributed by atoms with Crippen LogP contribution in [0.5, 0.6) is 5.75 Å². The molecule has 1 amide bonds. The lowest BCUT2D eigenvalue weighted by Crippen LogP contribution is -2.45. The van der Waals surface area contributed by atoms with E-state index >= 15 is 0 Å². The average molecular weight is 436 g/mol. The van der Waals surface area contributed by atoms with Crippen molar-refractivity contribution < 1.29 is 9.53 Å². The summed E-state index contributed by atoms with van der Waals surface area (Å²) in [6, 6.07) is 4.77. The summed E-state index contributed by atoms with van der Waals surface area (Å²) >= 11 is 0. The second-order valence-corrected chi connectivity index (χ2v) is 8.56. The number of nitrogens with one attached hydrogen (secondary N) is 2. The van der Waals surface area contributed by atoms with Crippen LogP contribution >= 0.6 is 0 Å². The SMILES string of the molecule is CCCC/C=N/N=C/C1=CC=CC(NC(=O)c2cc3c(cc2OC)CCN(C2CC2)C3)N1. The summed E-state index contributed by atoms with van der Waals surface area (Å²) in [7, 11) is 1.62. The van der Waals surface area contributed by atoms with Gasteiger partial charge in [0.2, 0.25) is 0 Å². The minimum atomic E-state index is -0.332. The van der Waals surface area contributed by atoms with Crippen LogP contribution in [0.1, 0.15) is 60.5 Å². The molecule has 2 N–H and O–H groups in total. The van der Waals surface area contributed by atoms with Gasteiger partial charge >= 0.3 is 0 Å². The fourth-order valence-corrected chi connectivity index (χ4v) is 4.13. The Morgan fingerprint density at radius 2 is 2.19 bits per heavy atom. The molecule has 0 spiro atoms. The Morgan fingerprint density at radius 3 is 2.97 bits per heavy atom. The smallest absolute Gasteiger partial charge is 0.256 e. The molecule has 2 heterocycles. The van der Waals surface area contributed by atoms with Crippen molar-refractivity contribution in [3.8, 4) is 5.75 Å². The molecule has 1 aliphatic carbocycles. The van der Waals surface area contributed by atoms with Crippen LogP contribution in [-0.2, 0) is 13.0 Å². The van der Waals surface area contributed by atoms with Crippen LogP contribution in [0.25, 0.3) is 0 Å². The van der Waals surface area contributed by atoms with Crippen molar-refractivity contribution in [2.75, 3.05) is 13.7 Å². The standard InChI is InChI=1S/C25H33N5O2/c1-3-4-5-12-26-27-16-20-7-6-8-24(28-20)29-25(31)22-14-19-17-30(21-9-10-21)13-11-18(19)15-23(22)32-2/h6-8,12,14-16,21,24,28H,3-5,9-11,13,17H2,1-2H3,(H,29,31)/b26-12+,27-16+. The lowest BCUT2D eigenvalue weighted by molar-refractivity contribution is 0.0937. The quantitative estimate of drug-likeness (QED) is 0.353. The van der Waals surface area contributed by atoms with Gasteiger partial charge in [0.15, 0.2) is 0 Å². The van der Waals surface area contributed by atoms with Gasteiger partial charge in [-0.1, -0.05) is 19.4 Å². The second kappa shape index (κ2) is 10.6. The lowest BCUT2D eigenvalue weighted by atomic mass is 9.96. The maximum Gasteiger partial charge on any atom is 0.256 e. The van der Waals surface area contributed by atoms with E-state index in [4.69, 9.17) is 4.74 Å². The van der Waals surface area contributed by atoms with Gasteiger partial charge in [0.1, 0.15) is 11.9 Å². The van der Waals surface area contributed by atoms with Gasteiger partial charge in [0.25, 0.3) is 5.91 Å². The number of carbonyl (C=O) groups is 1. The predicted molar refractivity (Wildman–Crippen MR) is 128 cm³/mol. The van der Waals surface area contributed by atoms with E-state index in [-0.39, 0.29) is 12.1 Å². The molecule has 32 heavy (non-hydrogen) atoms. The number of nitrogens with zero attached hydrogens (tertiary/aromatic N) is 3. The van der Waals surface area contributed by atoms with E-state index in [1.807, 2.05) is 36.6 Å². The molecule has 0 aromatic heterocycles. The maximum atomic E-state index is 13.1. The molecule has 7 nitrogen and oxygen atoms in total. The molecule has 3 aliphatic rings.